The van der Waals surface area contributed by atoms with E-state index in [1.54, 1.807) is 24.3 Å². The maximum atomic E-state index is 13.2. The average Bonchev–Trinajstić information content (AvgIpc) is 3.41. The second-order valence-corrected chi connectivity index (χ2v) is 10.3. The van der Waals surface area contributed by atoms with Crippen molar-refractivity contribution in [3.8, 4) is 22.3 Å². The Kier molecular flexibility index (Phi) is 10.0. The number of amides is 1. The average molecular weight is 522 g/mol. The number of alkyl carbamates (subject to hydrolysis) is 1. The second-order valence-electron chi connectivity index (χ2n) is 10.3. The summed E-state index contributed by atoms with van der Waals surface area (Å²) in [7, 11) is 1.81. The van der Waals surface area contributed by atoms with Gasteiger partial charge in [0.1, 0.15) is 17.2 Å². The zero-order valence-corrected chi connectivity index (χ0v) is 22.5. The number of nitrogens with one attached hydrogen (secondary N) is 3. The third-order valence-corrected chi connectivity index (χ3v) is 6.03. The normalized spacial score (nSPS) is 14.7. The van der Waals surface area contributed by atoms with E-state index in [0.717, 1.165) is 53.0 Å². The van der Waals surface area contributed by atoms with Crippen LogP contribution in [0.15, 0.2) is 73.3 Å². The van der Waals surface area contributed by atoms with Crippen molar-refractivity contribution >= 4 is 11.8 Å². The van der Waals surface area contributed by atoms with Gasteiger partial charge in [-0.1, -0.05) is 30.8 Å². The summed E-state index contributed by atoms with van der Waals surface area (Å²) in [4.78, 5) is 11.3. The van der Waals surface area contributed by atoms with Crippen molar-refractivity contribution in [2.45, 2.75) is 32.8 Å². The van der Waals surface area contributed by atoms with Crippen LogP contribution >= 0.6 is 0 Å². The highest BCUT2D eigenvalue weighted by atomic mass is 19.1. The standard InChI is InChI=1S/C21H17F2N.C10H20N2O2/c1-14(24-2)17-11-18(15-3-7-20(22)8-4-15)13-19(12-17)16-5-9-21(23)10-6-16;1-10(2,3)14-9(13)12-7-8-4-5-11-6-8/h3-13,24H,1H2,2H3;8,11H,4-7H2,1-3H3,(H,12,13). The molecule has 1 amide bonds. The third-order valence-electron chi connectivity index (χ3n) is 6.03. The van der Waals surface area contributed by atoms with Crippen molar-refractivity contribution in [1.29, 1.82) is 0 Å². The summed E-state index contributed by atoms with van der Waals surface area (Å²) >= 11 is 0. The van der Waals surface area contributed by atoms with Gasteiger partial charge in [-0.2, -0.15) is 0 Å². The van der Waals surface area contributed by atoms with E-state index in [9.17, 15) is 13.6 Å². The smallest absolute Gasteiger partial charge is 0.407 e. The first kappa shape index (κ1) is 28.9. The highest BCUT2D eigenvalue weighted by molar-refractivity contribution is 5.79. The van der Waals surface area contributed by atoms with Crippen molar-refractivity contribution in [2.24, 2.45) is 5.92 Å². The maximum absolute atomic E-state index is 13.2. The van der Waals surface area contributed by atoms with Crippen LogP contribution in [0.2, 0.25) is 0 Å². The summed E-state index contributed by atoms with van der Waals surface area (Å²) in [5.74, 6) is 0.0177. The molecular formula is C31H37F2N3O2. The van der Waals surface area contributed by atoms with E-state index < -0.39 is 5.60 Å². The zero-order valence-electron chi connectivity index (χ0n) is 22.5. The molecule has 3 N–H and O–H groups in total. The summed E-state index contributed by atoms with van der Waals surface area (Å²) in [5, 5.41) is 9.07. The van der Waals surface area contributed by atoms with E-state index in [2.05, 4.69) is 22.5 Å². The van der Waals surface area contributed by atoms with E-state index >= 15 is 0 Å². The number of ether oxygens (including phenoxy) is 1. The molecule has 1 saturated heterocycles. The van der Waals surface area contributed by atoms with Gasteiger partial charge in [-0.25, -0.2) is 13.6 Å². The second kappa shape index (κ2) is 13.2. The molecule has 1 fully saturated rings. The van der Waals surface area contributed by atoms with Crippen LogP contribution in [0.25, 0.3) is 28.0 Å². The Bertz CT molecular complexity index is 1150. The Morgan fingerprint density at radius 3 is 1.89 bits per heavy atom. The molecule has 7 heteroatoms. The van der Waals surface area contributed by atoms with Gasteiger partial charge in [0.15, 0.2) is 0 Å². The third kappa shape index (κ3) is 8.99. The van der Waals surface area contributed by atoms with Crippen LogP contribution in [0.3, 0.4) is 0 Å². The summed E-state index contributed by atoms with van der Waals surface area (Å²) in [5.41, 5.74) is 5.02. The van der Waals surface area contributed by atoms with Crippen LogP contribution in [-0.2, 0) is 4.74 Å². The number of hydrogen-bond acceptors (Lipinski definition) is 4. The summed E-state index contributed by atoms with van der Waals surface area (Å²) < 4.78 is 31.5. The lowest BCUT2D eigenvalue weighted by molar-refractivity contribution is 0.0520. The van der Waals surface area contributed by atoms with Gasteiger partial charge in [0.2, 0.25) is 0 Å². The highest BCUT2D eigenvalue weighted by Gasteiger charge is 2.19. The predicted molar refractivity (Wildman–Crippen MR) is 151 cm³/mol. The summed E-state index contributed by atoms with van der Waals surface area (Å²) in [6.07, 6.45) is 0.819. The van der Waals surface area contributed by atoms with E-state index in [0.29, 0.717) is 12.5 Å². The molecule has 1 heterocycles. The van der Waals surface area contributed by atoms with Gasteiger partial charge in [-0.05, 0) is 116 Å². The first-order valence-electron chi connectivity index (χ1n) is 12.8. The van der Waals surface area contributed by atoms with Gasteiger partial charge in [0.05, 0.1) is 0 Å². The van der Waals surface area contributed by atoms with Gasteiger partial charge in [0.25, 0.3) is 0 Å². The van der Waals surface area contributed by atoms with Gasteiger partial charge < -0.3 is 20.7 Å². The van der Waals surface area contributed by atoms with Crippen molar-refractivity contribution in [3.63, 3.8) is 0 Å². The molecule has 1 aliphatic rings. The maximum Gasteiger partial charge on any atom is 0.407 e. The summed E-state index contributed by atoms with van der Waals surface area (Å²) in [6.45, 7) is 12.4. The van der Waals surface area contributed by atoms with Crippen molar-refractivity contribution in [2.75, 3.05) is 26.7 Å². The quantitative estimate of drug-likeness (QED) is 0.342. The molecule has 0 radical (unpaired) electrons. The Hall–Kier alpha value is -3.71. The molecule has 0 aromatic heterocycles. The number of carbonyl (C=O) groups is 1. The number of rotatable bonds is 6. The van der Waals surface area contributed by atoms with Crippen LogP contribution in [0.1, 0.15) is 32.8 Å². The SMILES string of the molecule is C=C(NC)c1cc(-c2ccc(F)cc2)cc(-c2ccc(F)cc2)c1.CC(C)(C)OC(=O)NCC1CCNC1. The molecule has 0 spiro atoms. The fraction of sp³-hybridized carbons (Fsp3) is 0.323. The zero-order chi connectivity index (χ0) is 27.7. The molecule has 38 heavy (non-hydrogen) atoms. The van der Waals surface area contributed by atoms with Gasteiger partial charge in [-0.15, -0.1) is 0 Å². The number of halogens is 2. The topological polar surface area (TPSA) is 62.4 Å². The molecule has 1 unspecified atom stereocenters. The molecule has 3 aromatic carbocycles. The monoisotopic (exact) mass is 521 g/mol. The number of benzene rings is 3. The molecule has 5 nitrogen and oxygen atoms in total. The Labute approximate surface area is 224 Å². The lowest BCUT2D eigenvalue weighted by Crippen LogP contribution is -2.35. The van der Waals surface area contributed by atoms with Gasteiger partial charge in [-0.3, -0.25) is 0 Å². The molecule has 1 aliphatic heterocycles. The lowest BCUT2D eigenvalue weighted by atomic mass is 9.95. The molecular weight excluding hydrogens is 484 g/mol. The number of hydrogen-bond donors (Lipinski definition) is 3. The van der Waals surface area contributed by atoms with Crippen molar-refractivity contribution in [3.05, 3.63) is 90.5 Å². The fourth-order valence-corrected chi connectivity index (χ4v) is 3.99. The van der Waals surface area contributed by atoms with Crippen LogP contribution in [-0.4, -0.2) is 38.4 Å². The minimum atomic E-state index is -0.405. The minimum Gasteiger partial charge on any atom is -0.444 e. The van der Waals surface area contributed by atoms with Crippen molar-refractivity contribution in [1.82, 2.24) is 16.0 Å². The van der Waals surface area contributed by atoms with Crippen LogP contribution in [0.5, 0.6) is 0 Å². The van der Waals surface area contributed by atoms with E-state index in [1.807, 2.05) is 46.0 Å². The lowest BCUT2D eigenvalue weighted by Gasteiger charge is -2.20. The first-order chi connectivity index (χ1) is 18.0. The van der Waals surface area contributed by atoms with Crippen LogP contribution in [0, 0.1) is 17.6 Å². The summed E-state index contributed by atoms with van der Waals surface area (Å²) in [6, 6.07) is 18.7. The van der Waals surface area contributed by atoms with Crippen LogP contribution in [0.4, 0.5) is 13.6 Å². The van der Waals surface area contributed by atoms with E-state index in [1.165, 1.54) is 24.3 Å². The highest BCUT2D eigenvalue weighted by Crippen LogP contribution is 2.30. The fourth-order valence-electron chi connectivity index (χ4n) is 3.99. The minimum absolute atomic E-state index is 0.270. The van der Waals surface area contributed by atoms with E-state index in [4.69, 9.17) is 4.74 Å². The molecule has 0 bridgehead atoms. The van der Waals surface area contributed by atoms with Crippen LogP contribution < -0.4 is 16.0 Å². The Morgan fingerprint density at radius 2 is 1.47 bits per heavy atom. The number of carbonyl (C=O) groups excluding carboxylic acids is 1. The molecule has 1 atom stereocenters. The largest absolute Gasteiger partial charge is 0.444 e. The molecule has 202 valence electrons. The van der Waals surface area contributed by atoms with E-state index in [-0.39, 0.29) is 17.7 Å². The Balaban J connectivity index is 0.000000244. The molecule has 3 aromatic rings. The van der Waals surface area contributed by atoms with Crippen molar-refractivity contribution < 1.29 is 18.3 Å². The molecule has 4 rings (SSSR count). The van der Waals surface area contributed by atoms with Gasteiger partial charge >= 0.3 is 6.09 Å². The predicted octanol–water partition coefficient (Wildman–Crippen LogP) is 6.61. The first-order valence-corrected chi connectivity index (χ1v) is 12.8. The molecule has 0 saturated carbocycles. The Morgan fingerprint density at radius 1 is 0.947 bits per heavy atom. The molecule has 0 aliphatic carbocycles. The van der Waals surface area contributed by atoms with Gasteiger partial charge in [0, 0.05) is 19.3 Å².